The van der Waals surface area contributed by atoms with Crippen molar-refractivity contribution in [3.63, 3.8) is 0 Å². The first-order valence-corrected chi connectivity index (χ1v) is 13.5. The number of ether oxygens (including phenoxy) is 2. The zero-order chi connectivity index (χ0) is 26.8. The van der Waals surface area contributed by atoms with Gasteiger partial charge in [-0.25, -0.2) is 14.4 Å². The number of methoxy groups -OCH3 is 2. The van der Waals surface area contributed by atoms with Gasteiger partial charge in [0.2, 0.25) is 5.95 Å². The summed E-state index contributed by atoms with van der Waals surface area (Å²) in [6, 6.07) is 20.1. The van der Waals surface area contributed by atoms with Crippen molar-refractivity contribution < 1.29 is 13.9 Å². The molecule has 3 heterocycles. The molecule has 1 saturated heterocycles. The van der Waals surface area contributed by atoms with Crippen LogP contribution in [0.15, 0.2) is 72.1 Å². The third-order valence-corrected chi connectivity index (χ3v) is 7.62. The molecule has 1 aliphatic heterocycles. The second-order valence-corrected chi connectivity index (χ2v) is 9.91. The number of nitrogens with zero attached hydrogens (tertiary/aromatic N) is 5. The van der Waals surface area contributed by atoms with Crippen molar-refractivity contribution in [1.29, 1.82) is 0 Å². The van der Waals surface area contributed by atoms with Crippen LogP contribution in [-0.4, -0.2) is 55.4 Å². The summed E-state index contributed by atoms with van der Waals surface area (Å²) in [4.78, 5) is 19.1. The number of fused-ring (bicyclic) bond motifs is 1. The maximum Gasteiger partial charge on any atom is 0.228 e. The molecule has 0 bridgehead atoms. The van der Waals surface area contributed by atoms with Gasteiger partial charge < -0.3 is 24.6 Å². The van der Waals surface area contributed by atoms with E-state index >= 15 is 0 Å². The van der Waals surface area contributed by atoms with E-state index in [2.05, 4.69) is 15.1 Å². The van der Waals surface area contributed by atoms with E-state index in [1.165, 1.54) is 12.1 Å². The van der Waals surface area contributed by atoms with Gasteiger partial charge >= 0.3 is 0 Å². The van der Waals surface area contributed by atoms with Gasteiger partial charge in [0, 0.05) is 48.6 Å². The number of piperazine rings is 1. The third kappa shape index (κ3) is 5.15. The summed E-state index contributed by atoms with van der Waals surface area (Å²) in [6.07, 6.45) is 0. The van der Waals surface area contributed by atoms with Crippen molar-refractivity contribution >= 4 is 44.8 Å². The van der Waals surface area contributed by atoms with Crippen molar-refractivity contribution in [2.45, 2.75) is 0 Å². The van der Waals surface area contributed by atoms with E-state index < -0.39 is 0 Å². The van der Waals surface area contributed by atoms with E-state index in [0.29, 0.717) is 23.3 Å². The van der Waals surface area contributed by atoms with Crippen molar-refractivity contribution in [3.05, 3.63) is 77.9 Å². The van der Waals surface area contributed by atoms with Crippen LogP contribution in [0.3, 0.4) is 0 Å². The highest BCUT2D eigenvalue weighted by molar-refractivity contribution is 7.14. The molecule has 39 heavy (non-hydrogen) atoms. The van der Waals surface area contributed by atoms with Crippen molar-refractivity contribution in [3.8, 4) is 22.8 Å². The Bertz CT molecular complexity index is 1600. The van der Waals surface area contributed by atoms with Crippen molar-refractivity contribution in [1.82, 2.24) is 15.0 Å². The van der Waals surface area contributed by atoms with Gasteiger partial charge in [-0.15, -0.1) is 11.3 Å². The van der Waals surface area contributed by atoms with Crippen LogP contribution in [0.1, 0.15) is 0 Å². The predicted molar refractivity (Wildman–Crippen MR) is 154 cm³/mol. The molecule has 0 aliphatic carbocycles. The fourth-order valence-corrected chi connectivity index (χ4v) is 5.48. The summed E-state index contributed by atoms with van der Waals surface area (Å²) >= 11 is 1.60. The first-order chi connectivity index (χ1) is 19.1. The Morgan fingerprint density at radius 1 is 0.846 bits per heavy atom. The number of hydrogen-bond donors (Lipinski definition) is 1. The highest BCUT2D eigenvalue weighted by Crippen LogP contribution is 2.34. The molecule has 1 fully saturated rings. The maximum atomic E-state index is 13.3. The summed E-state index contributed by atoms with van der Waals surface area (Å²) in [5.41, 5.74) is 3.43. The Morgan fingerprint density at radius 2 is 1.62 bits per heavy atom. The Kier molecular flexibility index (Phi) is 6.85. The van der Waals surface area contributed by atoms with Crippen LogP contribution >= 0.6 is 11.3 Å². The molecule has 0 spiro atoms. The van der Waals surface area contributed by atoms with Gasteiger partial charge in [-0.05, 0) is 48.5 Å². The number of halogens is 1. The third-order valence-electron chi connectivity index (χ3n) is 6.72. The monoisotopic (exact) mass is 542 g/mol. The highest BCUT2D eigenvalue weighted by atomic mass is 32.1. The zero-order valence-electron chi connectivity index (χ0n) is 21.6. The molecule has 8 nitrogen and oxygen atoms in total. The van der Waals surface area contributed by atoms with E-state index in [0.717, 1.165) is 59.2 Å². The van der Waals surface area contributed by atoms with Gasteiger partial charge in [0.25, 0.3) is 0 Å². The number of para-hydroxylation sites is 1. The smallest absolute Gasteiger partial charge is 0.228 e. The number of rotatable bonds is 7. The van der Waals surface area contributed by atoms with Gasteiger partial charge in [0.1, 0.15) is 23.1 Å². The van der Waals surface area contributed by atoms with E-state index in [4.69, 9.17) is 24.4 Å². The molecule has 0 unspecified atom stereocenters. The molecule has 2 aromatic heterocycles. The van der Waals surface area contributed by atoms with E-state index in [1.807, 2.05) is 47.8 Å². The average molecular weight is 543 g/mol. The van der Waals surface area contributed by atoms with Crippen molar-refractivity contribution in [2.75, 3.05) is 55.5 Å². The summed E-state index contributed by atoms with van der Waals surface area (Å²) < 4.78 is 24.2. The van der Waals surface area contributed by atoms with Crippen LogP contribution in [0.25, 0.3) is 22.2 Å². The molecule has 5 aromatic rings. The highest BCUT2D eigenvalue weighted by Gasteiger charge is 2.23. The Morgan fingerprint density at radius 3 is 2.38 bits per heavy atom. The van der Waals surface area contributed by atoms with E-state index in [1.54, 1.807) is 37.7 Å². The number of aromatic nitrogens is 3. The first kappa shape index (κ1) is 24.9. The Balaban J connectivity index is 1.22. The molecule has 0 radical (unpaired) electrons. The molecule has 6 rings (SSSR count). The topological polar surface area (TPSA) is 75.6 Å². The quantitative estimate of drug-likeness (QED) is 0.269. The second kappa shape index (κ2) is 10.7. The fourth-order valence-electron chi connectivity index (χ4n) is 4.59. The van der Waals surface area contributed by atoms with Crippen LogP contribution in [0.5, 0.6) is 11.5 Å². The number of hydrogen-bond acceptors (Lipinski definition) is 9. The number of thiazole rings is 1. The standard InChI is InChI=1S/C29H27FN6O2S/c1-37-21-11-12-24(26(17-21)38-2)31-27-22-5-3-4-6-23(22)32-28(34-27)35-13-15-36(16-14-35)29-33-25(18-39-29)19-7-9-20(30)10-8-19/h3-12,17-18H,13-16H2,1-2H3,(H,31,32,34). The average Bonchev–Trinajstić information content (AvgIpc) is 3.48. The predicted octanol–water partition coefficient (Wildman–Crippen LogP) is 5.98. The van der Waals surface area contributed by atoms with Crippen LogP contribution in [0.2, 0.25) is 0 Å². The van der Waals surface area contributed by atoms with Gasteiger partial charge in [-0.2, -0.15) is 4.98 Å². The van der Waals surface area contributed by atoms with Crippen LogP contribution in [-0.2, 0) is 0 Å². The molecule has 1 N–H and O–H groups in total. The lowest BCUT2D eigenvalue weighted by Gasteiger charge is -2.34. The number of anilines is 4. The fraction of sp³-hybridized carbons (Fsp3) is 0.207. The molecule has 1 aliphatic rings. The lowest BCUT2D eigenvalue weighted by atomic mass is 10.2. The lowest BCUT2D eigenvalue weighted by Crippen LogP contribution is -2.47. The lowest BCUT2D eigenvalue weighted by molar-refractivity contribution is 0.395. The molecular weight excluding hydrogens is 515 g/mol. The molecule has 198 valence electrons. The minimum Gasteiger partial charge on any atom is -0.497 e. The van der Waals surface area contributed by atoms with Crippen molar-refractivity contribution in [2.24, 2.45) is 0 Å². The molecule has 0 saturated carbocycles. The van der Waals surface area contributed by atoms with Gasteiger partial charge in [0.15, 0.2) is 5.13 Å². The van der Waals surface area contributed by atoms with Crippen LogP contribution in [0.4, 0.5) is 27.0 Å². The molecule has 3 aromatic carbocycles. The minimum atomic E-state index is -0.247. The molecule has 0 amide bonds. The number of nitrogens with one attached hydrogen (secondary N) is 1. The maximum absolute atomic E-state index is 13.3. The molecule has 0 atom stereocenters. The summed E-state index contributed by atoms with van der Waals surface area (Å²) in [6.45, 7) is 3.10. The van der Waals surface area contributed by atoms with Gasteiger partial charge in [-0.3, -0.25) is 0 Å². The van der Waals surface area contributed by atoms with Crippen LogP contribution in [0, 0.1) is 5.82 Å². The summed E-state index contributed by atoms with van der Waals surface area (Å²) in [7, 11) is 3.26. The summed E-state index contributed by atoms with van der Waals surface area (Å²) in [5.74, 6) is 2.52. The Labute approximate surface area is 229 Å². The first-order valence-electron chi connectivity index (χ1n) is 12.6. The van der Waals surface area contributed by atoms with Gasteiger partial charge in [0.05, 0.1) is 31.1 Å². The SMILES string of the molecule is COc1ccc(Nc2nc(N3CCN(c4nc(-c5ccc(F)cc5)cs4)CC3)nc3ccccc23)c(OC)c1. The summed E-state index contributed by atoms with van der Waals surface area (Å²) in [5, 5.41) is 7.36. The van der Waals surface area contributed by atoms with Gasteiger partial charge in [-0.1, -0.05) is 12.1 Å². The molecular formula is C29H27FN6O2S. The number of benzene rings is 3. The van der Waals surface area contributed by atoms with Crippen LogP contribution < -0.4 is 24.6 Å². The normalized spacial score (nSPS) is 13.5. The Hall–Kier alpha value is -4.44. The van der Waals surface area contributed by atoms with E-state index in [-0.39, 0.29) is 5.82 Å². The minimum absolute atomic E-state index is 0.247. The largest absolute Gasteiger partial charge is 0.497 e. The second-order valence-electron chi connectivity index (χ2n) is 9.08. The van der Waals surface area contributed by atoms with E-state index in [9.17, 15) is 4.39 Å². The zero-order valence-corrected chi connectivity index (χ0v) is 22.4. The molecule has 10 heteroatoms.